The number of hydrogen-bond donors (Lipinski definition) is 2. The molecule has 68 valence electrons. The van der Waals surface area contributed by atoms with E-state index in [4.69, 9.17) is 0 Å². The second kappa shape index (κ2) is 3.96. The van der Waals surface area contributed by atoms with E-state index in [9.17, 15) is 0 Å². The molecule has 2 rings (SSSR count). The predicted octanol–water partition coefficient (Wildman–Crippen LogP) is 1.03. The molecule has 3 nitrogen and oxygen atoms in total. The predicted molar refractivity (Wildman–Crippen MR) is 52.3 cm³/mol. The highest BCUT2D eigenvalue weighted by atomic mass is 15.5. The van der Waals surface area contributed by atoms with E-state index in [0.717, 1.165) is 13.2 Å². The first kappa shape index (κ1) is 8.13. The maximum atomic E-state index is 3.28. The molecule has 0 aromatic heterocycles. The summed E-state index contributed by atoms with van der Waals surface area (Å²) < 4.78 is 0. The molecule has 1 aromatic rings. The molecule has 0 amide bonds. The summed E-state index contributed by atoms with van der Waals surface area (Å²) in [5.41, 5.74) is 4.58. The zero-order valence-corrected chi connectivity index (χ0v) is 7.40. The molecule has 1 heterocycles. The van der Waals surface area contributed by atoms with E-state index in [-0.39, 0.29) is 0 Å². The van der Waals surface area contributed by atoms with E-state index in [1.165, 1.54) is 5.56 Å². The lowest BCUT2D eigenvalue weighted by molar-refractivity contribution is 0.278. The molecule has 0 saturated carbocycles. The summed E-state index contributed by atoms with van der Waals surface area (Å²) in [5, 5.41) is 5.11. The second-order valence-corrected chi connectivity index (χ2v) is 2.97. The van der Waals surface area contributed by atoms with E-state index < -0.39 is 0 Å². The number of nitrogens with zero attached hydrogens (tertiary/aromatic N) is 1. The van der Waals surface area contributed by atoms with E-state index in [1.807, 2.05) is 23.5 Å². The van der Waals surface area contributed by atoms with Gasteiger partial charge in [-0.2, -0.15) is 0 Å². The van der Waals surface area contributed by atoms with Crippen molar-refractivity contribution < 1.29 is 0 Å². The molecular weight excluding hydrogens is 162 g/mol. The lowest BCUT2D eigenvalue weighted by Gasteiger charge is -2.15. The normalized spacial score (nSPS) is 14.6. The van der Waals surface area contributed by atoms with Crippen molar-refractivity contribution in [1.29, 1.82) is 0 Å². The standard InChI is InChI=1S/C10H13N3/c1-2-4-10(5-3-1)8-12-13-7-6-11-9-13/h1-7,11-12H,8-9H2. The average molecular weight is 175 g/mol. The van der Waals surface area contributed by atoms with E-state index in [0.29, 0.717) is 0 Å². The van der Waals surface area contributed by atoms with Gasteiger partial charge in [0.15, 0.2) is 0 Å². The van der Waals surface area contributed by atoms with Crippen LogP contribution in [0.1, 0.15) is 5.56 Å². The Labute approximate surface area is 78.0 Å². The molecule has 1 aromatic carbocycles. The Morgan fingerprint density at radius 2 is 2.15 bits per heavy atom. The minimum Gasteiger partial charge on any atom is -0.371 e. The molecule has 0 spiro atoms. The fourth-order valence-corrected chi connectivity index (χ4v) is 1.24. The first-order valence-corrected chi connectivity index (χ1v) is 4.39. The van der Waals surface area contributed by atoms with Crippen LogP contribution in [0, 0.1) is 0 Å². The van der Waals surface area contributed by atoms with Crippen LogP contribution in [0.4, 0.5) is 0 Å². The van der Waals surface area contributed by atoms with Gasteiger partial charge in [-0.1, -0.05) is 30.3 Å². The number of hydrogen-bond acceptors (Lipinski definition) is 3. The number of rotatable bonds is 3. The molecule has 1 aliphatic rings. The summed E-state index contributed by atoms with van der Waals surface area (Å²) in [6, 6.07) is 10.4. The van der Waals surface area contributed by atoms with Crippen LogP contribution in [-0.2, 0) is 6.54 Å². The van der Waals surface area contributed by atoms with Crippen LogP contribution < -0.4 is 10.7 Å². The van der Waals surface area contributed by atoms with Gasteiger partial charge in [-0.3, -0.25) is 5.01 Å². The Hall–Kier alpha value is -1.48. The molecule has 3 heteroatoms. The van der Waals surface area contributed by atoms with Gasteiger partial charge in [0, 0.05) is 18.9 Å². The zero-order valence-electron chi connectivity index (χ0n) is 7.40. The summed E-state index contributed by atoms with van der Waals surface area (Å²) in [6.07, 6.45) is 3.92. The summed E-state index contributed by atoms with van der Waals surface area (Å²) in [6.45, 7) is 1.71. The van der Waals surface area contributed by atoms with E-state index >= 15 is 0 Å². The minimum absolute atomic E-state index is 0.840. The summed E-state index contributed by atoms with van der Waals surface area (Å²) >= 11 is 0. The number of nitrogens with one attached hydrogen (secondary N) is 2. The Kier molecular flexibility index (Phi) is 2.48. The van der Waals surface area contributed by atoms with Crippen LogP contribution >= 0.6 is 0 Å². The molecule has 13 heavy (non-hydrogen) atoms. The van der Waals surface area contributed by atoms with Crippen LogP contribution in [0.25, 0.3) is 0 Å². The molecule has 0 atom stereocenters. The fraction of sp³-hybridized carbons (Fsp3) is 0.200. The van der Waals surface area contributed by atoms with Gasteiger partial charge >= 0.3 is 0 Å². The molecule has 0 saturated heterocycles. The van der Waals surface area contributed by atoms with Crippen molar-refractivity contribution in [3.63, 3.8) is 0 Å². The van der Waals surface area contributed by atoms with Gasteiger partial charge in [-0.05, 0) is 5.56 Å². The first-order chi connectivity index (χ1) is 6.45. The quantitative estimate of drug-likeness (QED) is 0.718. The van der Waals surface area contributed by atoms with Gasteiger partial charge in [0.25, 0.3) is 0 Å². The molecule has 0 fully saturated rings. The zero-order chi connectivity index (χ0) is 8.93. The Bertz CT molecular complexity index is 281. The van der Waals surface area contributed by atoms with Crippen molar-refractivity contribution in [3.8, 4) is 0 Å². The third kappa shape index (κ3) is 2.23. The Morgan fingerprint density at radius 3 is 2.85 bits per heavy atom. The van der Waals surface area contributed by atoms with Crippen molar-refractivity contribution in [2.45, 2.75) is 6.54 Å². The summed E-state index contributed by atoms with van der Waals surface area (Å²) in [4.78, 5) is 0. The fourth-order valence-electron chi connectivity index (χ4n) is 1.24. The third-order valence-electron chi connectivity index (χ3n) is 1.96. The van der Waals surface area contributed by atoms with Crippen LogP contribution in [-0.4, -0.2) is 11.7 Å². The topological polar surface area (TPSA) is 27.3 Å². The van der Waals surface area contributed by atoms with Crippen LogP contribution in [0.5, 0.6) is 0 Å². The largest absolute Gasteiger partial charge is 0.371 e. The smallest absolute Gasteiger partial charge is 0.102 e. The first-order valence-electron chi connectivity index (χ1n) is 4.39. The average Bonchev–Trinajstić information content (AvgIpc) is 2.69. The van der Waals surface area contributed by atoms with Crippen molar-refractivity contribution in [3.05, 3.63) is 48.3 Å². The highest BCUT2D eigenvalue weighted by molar-refractivity contribution is 5.14. The monoisotopic (exact) mass is 175 g/mol. The Balaban J connectivity index is 1.82. The van der Waals surface area contributed by atoms with Gasteiger partial charge < -0.3 is 5.32 Å². The molecule has 0 aliphatic carbocycles. The van der Waals surface area contributed by atoms with Gasteiger partial charge in [0.1, 0.15) is 6.67 Å². The van der Waals surface area contributed by atoms with Crippen LogP contribution in [0.3, 0.4) is 0 Å². The molecule has 0 unspecified atom stereocenters. The van der Waals surface area contributed by atoms with Crippen molar-refractivity contribution in [1.82, 2.24) is 15.8 Å². The maximum absolute atomic E-state index is 3.28. The van der Waals surface area contributed by atoms with E-state index in [1.54, 1.807) is 0 Å². The molecule has 0 bridgehead atoms. The van der Waals surface area contributed by atoms with Gasteiger partial charge in [0.2, 0.25) is 0 Å². The molecule has 1 aliphatic heterocycles. The lowest BCUT2D eigenvalue weighted by atomic mass is 10.2. The van der Waals surface area contributed by atoms with Gasteiger partial charge in [0.05, 0.1) is 0 Å². The summed E-state index contributed by atoms with van der Waals surface area (Å²) in [5.74, 6) is 0. The van der Waals surface area contributed by atoms with Gasteiger partial charge in [-0.25, -0.2) is 5.43 Å². The second-order valence-electron chi connectivity index (χ2n) is 2.97. The summed E-state index contributed by atoms with van der Waals surface area (Å²) in [7, 11) is 0. The Morgan fingerprint density at radius 1 is 1.31 bits per heavy atom. The highest BCUT2D eigenvalue weighted by Crippen LogP contribution is 1.98. The van der Waals surface area contributed by atoms with Crippen LogP contribution in [0.2, 0.25) is 0 Å². The van der Waals surface area contributed by atoms with Crippen LogP contribution in [0.15, 0.2) is 42.7 Å². The number of benzene rings is 1. The maximum Gasteiger partial charge on any atom is 0.102 e. The highest BCUT2D eigenvalue weighted by Gasteiger charge is 2.00. The van der Waals surface area contributed by atoms with Crippen molar-refractivity contribution >= 4 is 0 Å². The molecule has 2 N–H and O–H groups in total. The van der Waals surface area contributed by atoms with Crippen molar-refractivity contribution in [2.24, 2.45) is 0 Å². The van der Waals surface area contributed by atoms with E-state index in [2.05, 4.69) is 35.0 Å². The molecular formula is C10H13N3. The van der Waals surface area contributed by atoms with Gasteiger partial charge in [-0.15, -0.1) is 0 Å². The SMILES string of the molecule is C1=CN(NCc2ccccc2)CN1. The lowest BCUT2D eigenvalue weighted by Crippen LogP contribution is -2.34. The minimum atomic E-state index is 0.840. The van der Waals surface area contributed by atoms with Crippen molar-refractivity contribution in [2.75, 3.05) is 6.67 Å². The molecule has 0 radical (unpaired) electrons. The number of hydrazine groups is 1. The third-order valence-corrected chi connectivity index (χ3v) is 1.96.